The Balaban J connectivity index is 2.52. The fraction of sp³-hybridized carbons (Fsp3) is 0.714. The molecule has 2 atom stereocenters. The minimum atomic E-state index is -3.08. The van der Waals surface area contributed by atoms with Crippen LogP contribution in [0, 0.1) is 0 Å². The maximum Gasteiger partial charge on any atom is 0.155 e. The minimum absolute atomic E-state index is 0.0813. The van der Waals surface area contributed by atoms with Gasteiger partial charge >= 0.3 is 0 Å². The Labute approximate surface area is 71.8 Å². The third-order valence-electron chi connectivity index (χ3n) is 1.70. The summed E-state index contributed by atoms with van der Waals surface area (Å²) in [6, 6.07) is 0. The average Bonchev–Trinajstić information content (AvgIpc) is 2.20. The SMILES string of the molecule is C=CCOC1CS(=O)(=O)CC1O. The third kappa shape index (κ3) is 2.30. The molecule has 12 heavy (non-hydrogen) atoms. The molecule has 0 aromatic rings. The second-order valence-corrected chi connectivity index (χ2v) is 4.96. The van der Waals surface area contributed by atoms with Crippen molar-refractivity contribution in [1.29, 1.82) is 0 Å². The van der Waals surface area contributed by atoms with Crippen molar-refractivity contribution in [3.63, 3.8) is 0 Å². The van der Waals surface area contributed by atoms with E-state index in [2.05, 4.69) is 6.58 Å². The van der Waals surface area contributed by atoms with Gasteiger partial charge in [-0.15, -0.1) is 6.58 Å². The first kappa shape index (κ1) is 9.70. The molecule has 1 N–H and O–H groups in total. The molecule has 0 aromatic heterocycles. The van der Waals surface area contributed by atoms with Crippen molar-refractivity contribution < 1.29 is 18.3 Å². The summed E-state index contributed by atoms with van der Waals surface area (Å²) in [5.41, 5.74) is 0. The lowest BCUT2D eigenvalue weighted by Gasteiger charge is -2.11. The van der Waals surface area contributed by atoms with Gasteiger partial charge in [0.15, 0.2) is 9.84 Å². The Morgan fingerprint density at radius 1 is 1.58 bits per heavy atom. The zero-order valence-electron chi connectivity index (χ0n) is 6.64. The summed E-state index contributed by atoms with van der Waals surface area (Å²) in [6.45, 7) is 3.70. The predicted octanol–water partition coefficient (Wildman–Crippen LogP) is -0.653. The van der Waals surface area contributed by atoms with Gasteiger partial charge in [-0.25, -0.2) is 8.42 Å². The molecule has 0 aliphatic carbocycles. The Kier molecular flexibility index (Phi) is 2.87. The number of hydrogen-bond acceptors (Lipinski definition) is 4. The molecule has 1 fully saturated rings. The Bertz CT molecular complexity index is 257. The molecule has 0 radical (unpaired) electrons. The lowest BCUT2D eigenvalue weighted by atomic mass is 10.3. The molecule has 1 rings (SSSR count). The standard InChI is InChI=1S/C7H12O4S/c1-2-3-11-7-5-12(9,10)4-6(7)8/h2,6-8H,1,3-5H2. The molecule has 4 nitrogen and oxygen atoms in total. The highest BCUT2D eigenvalue weighted by Crippen LogP contribution is 2.15. The van der Waals surface area contributed by atoms with Crippen LogP contribution >= 0.6 is 0 Å². The van der Waals surface area contributed by atoms with Gasteiger partial charge < -0.3 is 9.84 Å². The first-order chi connectivity index (χ1) is 5.55. The number of hydrogen-bond donors (Lipinski definition) is 1. The van der Waals surface area contributed by atoms with E-state index in [-0.39, 0.29) is 18.1 Å². The first-order valence-electron chi connectivity index (χ1n) is 3.66. The second-order valence-electron chi connectivity index (χ2n) is 2.80. The molecule has 0 bridgehead atoms. The molecule has 1 aliphatic rings. The van der Waals surface area contributed by atoms with Gasteiger partial charge in [-0.05, 0) is 0 Å². The van der Waals surface area contributed by atoms with Crippen LogP contribution in [0.5, 0.6) is 0 Å². The molecule has 1 heterocycles. The van der Waals surface area contributed by atoms with E-state index in [0.717, 1.165) is 0 Å². The number of aliphatic hydroxyl groups is 1. The summed E-state index contributed by atoms with van der Waals surface area (Å²) >= 11 is 0. The summed E-state index contributed by atoms with van der Waals surface area (Å²) in [6.07, 6.45) is 0.0699. The minimum Gasteiger partial charge on any atom is -0.389 e. The Hall–Kier alpha value is -0.390. The summed E-state index contributed by atoms with van der Waals surface area (Å²) < 4.78 is 27.0. The van der Waals surface area contributed by atoms with Crippen LogP contribution in [0.1, 0.15) is 0 Å². The van der Waals surface area contributed by atoms with E-state index in [1.807, 2.05) is 0 Å². The fourth-order valence-electron chi connectivity index (χ4n) is 1.15. The number of sulfone groups is 1. The van der Waals surface area contributed by atoms with Gasteiger partial charge in [0.25, 0.3) is 0 Å². The molecule has 70 valence electrons. The highest BCUT2D eigenvalue weighted by Gasteiger charge is 2.36. The van der Waals surface area contributed by atoms with Crippen molar-refractivity contribution in [2.24, 2.45) is 0 Å². The van der Waals surface area contributed by atoms with Gasteiger partial charge in [-0.3, -0.25) is 0 Å². The number of aliphatic hydroxyl groups excluding tert-OH is 1. The van der Waals surface area contributed by atoms with Crippen LogP contribution in [0.15, 0.2) is 12.7 Å². The third-order valence-corrected chi connectivity index (χ3v) is 3.39. The van der Waals surface area contributed by atoms with Crippen LogP contribution in [-0.2, 0) is 14.6 Å². The molecule has 0 aromatic carbocycles. The van der Waals surface area contributed by atoms with E-state index in [1.165, 1.54) is 6.08 Å². The van der Waals surface area contributed by atoms with Gasteiger partial charge in [-0.2, -0.15) is 0 Å². The quantitative estimate of drug-likeness (QED) is 0.603. The largest absolute Gasteiger partial charge is 0.389 e. The van der Waals surface area contributed by atoms with Crippen LogP contribution < -0.4 is 0 Å². The molecule has 1 aliphatic heterocycles. The number of ether oxygens (including phenoxy) is 1. The van der Waals surface area contributed by atoms with Crippen LogP contribution in [0.3, 0.4) is 0 Å². The van der Waals surface area contributed by atoms with Crippen molar-refractivity contribution in [2.45, 2.75) is 12.2 Å². The molecule has 0 spiro atoms. The van der Waals surface area contributed by atoms with Crippen molar-refractivity contribution in [3.8, 4) is 0 Å². The van der Waals surface area contributed by atoms with Crippen LogP contribution in [-0.4, -0.2) is 43.8 Å². The predicted molar refractivity (Wildman–Crippen MR) is 44.6 cm³/mol. The topological polar surface area (TPSA) is 63.6 Å². The molecule has 5 heteroatoms. The van der Waals surface area contributed by atoms with Crippen LogP contribution in [0.2, 0.25) is 0 Å². The van der Waals surface area contributed by atoms with E-state index in [0.29, 0.717) is 0 Å². The summed E-state index contributed by atoms with van der Waals surface area (Å²) in [4.78, 5) is 0. The lowest BCUT2D eigenvalue weighted by molar-refractivity contribution is 0.00520. The maximum absolute atomic E-state index is 10.9. The smallest absolute Gasteiger partial charge is 0.155 e. The lowest BCUT2D eigenvalue weighted by Crippen LogP contribution is -2.26. The van der Waals surface area contributed by atoms with Crippen LogP contribution in [0.25, 0.3) is 0 Å². The van der Waals surface area contributed by atoms with Crippen molar-refractivity contribution in [1.82, 2.24) is 0 Å². The van der Waals surface area contributed by atoms with Gasteiger partial charge in [0, 0.05) is 0 Å². The second kappa shape index (κ2) is 3.55. The summed E-state index contributed by atoms with van der Waals surface area (Å²) in [5.74, 6) is -0.267. The van der Waals surface area contributed by atoms with E-state index < -0.39 is 22.0 Å². The van der Waals surface area contributed by atoms with Crippen molar-refractivity contribution in [2.75, 3.05) is 18.1 Å². The monoisotopic (exact) mass is 192 g/mol. The molecule has 0 saturated carbocycles. The van der Waals surface area contributed by atoms with Crippen LogP contribution in [0.4, 0.5) is 0 Å². The molecule has 1 saturated heterocycles. The van der Waals surface area contributed by atoms with E-state index in [4.69, 9.17) is 4.74 Å². The Morgan fingerprint density at radius 2 is 2.25 bits per heavy atom. The molecular weight excluding hydrogens is 180 g/mol. The fourth-order valence-corrected chi connectivity index (χ4v) is 2.84. The van der Waals surface area contributed by atoms with Gasteiger partial charge in [-0.1, -0.05) is 6.08 Å². The van der Waals surface area contributed by atoms with E-state index in [1.54, 1.807) is 0 Å². The zero-order chi connectivity index (χ0) is 9.19. The van der Waals surface area contributed by atoms with E-state index in [9.17, 15) is 13.5 Å². The van der Waals surface area contributed by atoms with Gasteiger partial charge in [0.2, 0.25) is 0 Å². The number of rotatable bonds is 3. The Morgan fingerprint density at radius 3 is 2.67 bits per heavy atom. The summed E-state index contributed by atoms with van der Waals surface area (Å²) in [5, 5.41) is 9.21. The highest BCUT2D eigenvalue weighted by atomic mass is 32.2. The normalized spacial score (nSPS) is 33.4. The molecular formula is C7H12O4S. The van der Waals surface area contributed by atoms with E-state index >= 15 is 0 Å². The van der Waals surface area contributed by atoms with Gasteiger partial charge in [0.1, 0.15) is 0 Å². The van der Waals surface area contributed by atoms with Gasteiger partial charge in [0.05, 0.1) is 30.3 Å². The summed E-state index contributed by atoms with van der Waals surface area (Å²) in [7, 11) is -3.08. The van der Waals surface area contributed by atoms with Crippen molar-refractivity contribution >= 4 is 9.84 Å². The maximum atomic E-state index is 10.9. The van der Waals surface area contributed by atoms with Crippen molar-refractivity contribution in [3.05, 3.63) is 12.7 Å². The molecule has 0 amide bonds. The highest BCUT2D eigenvalue weighted by molar-refractivity contribution is 7.91. The first-order valence-corrected chi connectivity index (χ1v) is 5.48. The zero-order valence-corrected chi connectivity index (χ0v) is 7.46. The molecule has 2 unspecified atom stereocenters. The average molecular weight is 192 g/mol.